The Bertz CT molecular complexity index is 165. The predicted octanol–water partition coefficient (Wildman–Crippen LogP) is 0.649. The number of rotatable bonds is 7. The van der Waals surface area contributed by atoms with Crippen LogP contribution in [-0.4, -0.2) is 28.1 Å². The molecule has 0 aliphatic carbocycles. The van der Waals surface area contributed by atoms with E-state index in [1.54, 1.807) is 18.7 Å². The van der Waals surface area contributed by atoms with Gasteiger partial charge in [-0.05, 0) is 25.5 Å². The summed E-state index contributed by atoms with van der Waals surface area (Å²) in [7, 11) is 0. The Morgan fingerprint density at radius 1 is 1.50 bits per heavy atom. The highest BCUT2D eigenvalue weighted by molar-refractivity contribution is 7.99. The molecule has 0 spiro atoms. The van der Waals surface area contributed by atoms with Crippen molar-refractivity contribution in [2.75, 3.05) is 5.75 Å². The molecule has 4 N–H and O–H groups in total. The van der Waals surface area contributed by atoms with Gasteiger partial charge in [0.1, 0.15) is 0 Å². The third kappa shape index (κ3) is 7.17. The maximum absolute atomic E-state index is 10.7. The number of unbranched alkanes of at least 4 members (excludes halogenated alkanes) is 1. The molecule has 0 heterocycles. The van der Waals surface area contributed by atoms with E-state index in [9.17, 15) is 9.90 Å². The lowest BCUT2D eigenvalue weighted by Gasteiger charge is -2.13. The number of hydrazine groups is 1. The molecule has 0 fully saturated rings. The molecule has 0 bridgehead atoms. The lowest BCUT2D eigenvalue weighted by molar-refractivity contribution is -0.121. The van der Waals surface area contributed by atoms with Crippen LogP contribution in [0.5, 0.6) is 0 Å². The summed E-state index contributed by atoms with van der Waals surface area (Å²) in [6.07, 6.45) is 2.05. The van der Waals surface area contributed by atoms with Crippen molar-refractivity contribution in [1.82, 2.24) is 5.43 Å². The number of nitrogens with two attached hydrogens (primary N) is 1. The van der Waals surface area contributed by atoms with E-state index < -0.39 is 0 Å². The van der Waals surface area contributed by atoms with Crippen molar-refractivity contribution in [3.05, 3.63) is 0 Å². The smallest absolute Gasteiger partial charge is 0.233 e. The van der Waals surface area contributed by atoms with E-state index in [1.165, 1.54) is 0 Å². The molecule has 4 nitrogen and oxygen atoms in total. The minimum atomic E-state index is -0.271. The lowest BCUT2D eigenvalue weighted by atomic mass is 10.2. The zero-order chi connectivity index (χ0) is 11.0. The first-order valence-electron chi connectivity index (χ1n) is 4.87. The third-order valence-corrected chi connectivity index (χ3v) is 3.46. The molecule has 0 radical (unpaired) electrons. The average molecular weight is 220 g/mol. The number of carbonyl (C=O) groups excluding carboxylic acids is 1. The highest BCUT2D eigenvalue weighted by atomic mass is 32.2. The Morgan fingerprint density at radius 2 is 2.14 bits per heavy atom. The fourth-order valence-electron chi connectivity index (χ4n) is 0.868. The Balaban J connectivity index is 3.25. The summed E-state index contributed by atoms with van der Waals surface area (Å²) < 4.78 is 0. The molecular formula is C9H20N2O2S. The fraction of sp³-hybridized carbons (Fsp3) is 0.889. The van der Waals surface area contributed by atoms with Gasteiger partial charge in [-0.1, -0.05) is 6.92 Å². The zero-order valence-electron chi connectivity index (χ0n) is 8.82. The fourth-order valence-corrected chi connectivity index (χ4v) is 1.89. The second kappa shape index (κ2) is 8.08. The van der Waals surface area contributed by atoms with Crippen molar-refractivity contribution < 1.29 is 9.90 Å². The Kier molecular flexibility index (Phi) is 7.93. The number of amides is 1. The highest BCUT2D eigenvalue weighted by Crippen LogP contribution is 2.16. The summed E-state index contributed by atoms with van der Waals surface area (Å²) in [4.78, 5) is 10.7. The number of carbonyl (C=O) groups is 1. The van der Waals surface area contributed by atoms with Crippen LogP contribution in [0.2, 0.25) is 0 Å². The van der Waals surface area contributed by atoms with E-state index in [0.717, 1.165) is 18.6 Å². The summed E-state index contributed by atoms with van der Waals surface area (Å²) in [5.41, 5.74) is 2.10. The molecule has 0 aromatic heterocycles. The molecule has 0 saturated carbocycles. The molecule has 0 aliphatic heterocycles. The molecule has 14 heavy (non-hydrogen) atoms. The molecule has 0 aromatic carbocycles. The van der Waals surface area contributed by atoms with E-state index in [0.29, 0.717) is 6.42 Å². The monoisotopic (exact) mass is 220 g/mol. The molecule has 0 aromatic rings. The molecular weight excluding hydrogens is 200 g/mol. The van der Waals surface area contributed by atoms with Gasteiger partial charge in [-0.25, -0.2) is 5.84 Å². The van der Waals surface area contributed by atoms with Crippen LogP contribution in [0.4, 0.5) is 0 Å². The van der Waals surface area contributed by atoms with E-state index in [2.05, 4.69) is 5.43 Å². The number of aliphatic hydroxyl groups is 1. The van der Waals surface area contributed by atoms with Gasteiger partial charge < -0.3 is 5.11 Å². The van der Waals surface area contributed by atoms with E-state index >= 15 is 0 Å². The van der Waals surface area contributed by atoms with Crippen molar-refractivity contribution in [3.8, 4) is 0 Å². The van der Waals surface area contributed by atoms with Crippen LogP contribution in [0, 0.1) is 0 Å². The van der Waals surface area contributed by atoms with Gasteiger partial charge >= 0.3 is 0 Å². The lowest BCUT2D eigenvalue weighted by Crippen LogP contribution is -2.29. The number of hydrogen-bond donors (Lipinski definition) is 3. The molecule has 0 rings (SSSR count). The van der Waals surface area contributed by atoms with Gasteiger partial charge in [0.05, 0.1) is 6.10 Å². The van der Waals surface area contributed by atoms with Crippen LogP contribution in [0.1, 0.15) is 33.1 Å². The van der Waals surface area contributed by atoms with E-state index in [-0.39, 0.29) is 17.3 Å². The predicted molar refractivity (Wildman–Crippen MR) is 59.8 cm³/mol. The van der Waals surface area contributed by atoms with Crippen molar-refractivity contribution in [3.63, 3.8) is 0 Å². The van der Waals surface area contributed by atoms with Crippen molar-refractivity contribution in [2.24, 2.45) is 5.84 Å². The molecule has 0 aliphatic rings. The topological polar surface area (TPSA) is 75.3 Å². The third-order valence-electron chi connectivity index (χ3n) is 2.02. The van der Waals surface area contributed by atoms with Gasteiger partial charge in [0, 0.05) is 11.7 Å². The molecule has 2 unspecified atom stereocenters. The van der Waals surface area contributed by atoms with Gasteiger partial charge in [-0.2, -0.15) is 11.8 Å². The minimum Gasteiger partial charge on any atom is -0.392 e. The zero-order valence-corrected chi connectivity index (χ0v) is 9.64. The standard InChI is InChI=1S/C9H20N2O2S/c1-7(12)8(2)14-6-4-3-5-9(13)11-10/h7-8,12H,3-6,10H2,1-2H3,(H,11,13). The number of nitrogens with one attached hydrogen (secondary N) is 1. The van der Waals surface area contributed by atoms with Crippen molar-refractivity contribution in [2.45, 2.75) is 44.5 Å². The second-order valence-corrected chi connectivity index (χ2v) is 4.83. The molecule has 1 amide bonds. The molecule has 2 atom stereocenters. The van der Waals surface area contributed by atoms with Gasteiger partial charge in [-0.3, -0.25) is 10.2 Å². The summed E-state index contributed by atoms with van der Waals surface area (Å²) in [5.74, 6) is 5.80. The van der Waals surface area contributed by atoms with Crippen LogP contribution in [0.3, 0.4) is 0 Å². The van der Waals surface area contributed by atoms with Crippen LogP contribution >= 0.6 is 11.8 Å². The van der Waals surface area contributed by atoms with Gasteiger partial charge in [0.15, 0.2) is 0 Å². The average Bonchev–Trinajstić information content (AvgIpc) is 2.16. The molecule has 84 valence electrons. The maximum Gasteiger partial charge on any atom is 0.233 e. The maximum atomic E-state index is 10.7. The molecule has 0 saturated heterocycles. The van der Waals surface area contributed by atoms with Gasteiger partial charge in [-0.15, -0.1) is 0 Å². The van der Waals surface area contributed by atoms with E-state index in [1.807, 2.05) is 6.92 Å². The van der Waals surface area contributed by atoms with Crippen LogP contribution in [-0.2, 0) is 4.79 Å². The highest BCUT2D eigenvalue weighted by Gasteiger charge is 2.08. The Labute approximate surface area is 89.6 Å². The number of hydrogen-bond acceptors (Lipinski definition) is 4. The number of thioether (sulfide) groups is 1. The quantitative estimate of drug-likeness (QED) is 0.255. The van der Waals surface area contributed by atoms with Crippen molar-refractivity contribution >= 4 is 17.7 Å². The normalized spacial score (nSPS) is 14.9. The van der Waals surface area contributed by atoms with Gasteiger partial charge in [0.25, 0.3) is 0 Å². The summed E-state index contributed by atoms with van der Waals surface area (Å²) in [6.45, 7) is 3.79. The van der Waals surface area contributed by atoms with Crippen molar-refractivity contribution in [1.29, 1.82) is 0 Å². The summed E-state index contributed by atoms with van der Waals surface area (Å²) in [5, 5.41) is 9.46. The van der Waals surface area contributed by atoms with Crippen LogP contribution in [0.25, 0.3) is 0 Å². The van der Waals surface area contributed by atoms with Crippen LogP contribution < -0.4 is 11.3 Å². The van der Waals surface area contributed by atoms with Gasteiger partial charge in [0.2, 0.25) is 5.91 Å². The second-order valence-electron chi connectivity index (χ2n) is 3.34. The molecule has 5 heteroatoms. The summed E-state index contributed by atoms with van der Waals surface area (Å²) >= 11 is 1.73. The largest absolute Gasteiger partial charge is 0.392 e. The Morgan fingerprint density at radius 3 is 2.64 bits per heavy atom. The first-order valence-corrected chi connectivity index (χ1v) is 5.92. The number of aliphatic hydroxyl groups excluding tert-OH is 1. The Hall–Kier alpha value is -0.260. The first-order chi connectivity index (χ1) is 6.57. The SMILES string of the molecule is CC(O)C(C)SCCCCC(=O)NN. The minimum absolute atomic E-state index is 0.112. The summed E-state index contributed by atoms with van der Waals surface area (Å²) in [6, 6.07) is 0. The first kappa shape index (κ1) is 13.7. The van der Waals surface area contributed by atoms with Crippen LogP contribution in [0.15, 0.2) is 0 Å². The van der Waals surface area contributed by atoms with E-state index in [4.69, 9.17) is 5.84 Å².